The molecule has 4 nitrogen and oxygen atoms in total. The number of rotatable bonds is 6. The summed E-state index contributed by atoms with van der Waals surface area (Å²) in [6.45, 7) is 4.02. The molecule has 2 rings (SSSR count). The van der Waals surface area contributed by atoms with Gasteiger partial charge in [0.15, 0.2) is 0 Å². The molecule has 1 aliphatic rings. The van der Waals surface area contributed by atoms with Crippen molar-refractivity contribution in [2.45, 2.75) is 50.1 Å². The highest BCUT2D eigenvalue weighted by atomic mass is 32.2. The molecule has 0 radical (unpaired) electrons. The summed E-state index contributed by atoms with van der Waals surface area (Å²) in [6, 6.07) is 7.50. The second-order valence-electron chi connectivity index (χ2n) is 5.20. The Morgan fingerprint density at radius 2 is 1.86 bits per heavy atom. The summed E-state index contributed by atoms with van der Waals surface area (Å²) >= 11 is 1.67. The molecule has 21 heavy (non-hydrogen) atoms. The molecular weight excluding hydrogens is 284 g/mol. The van der Waals surface area contributed by atoms with Crippen molar-refractivity contribution in [2.75, 3.05) is 11.6 Å². The maximum Gasteiger partial charge on any atom is 0.252 e. The maximum atomic E-state index is 12.4. The Hall–Kier alpha value is -1.49. The van der Waals surface area contributed by atoms with Gasteiger partial charge >= 0.3 is 0 Å². The minimum Gasteiger partial charge on any atom is -0.373 e. The number of anilines is 1. The first-order valence-electron chi connectivity index (χ1n) is 7.37. The van der Waals surface area contributed by atoms with Crippen molar-refractivity contribution in [1.29, 1.82) is 0 Å². The molecular formula is C16H22N2O2S. The molecule has 5 heteroatoms. The van der Waals surface area contributed by atoms with Crippen molar-refractivity contribution in [3.63, 3.8) is 0 Å². The van der Waals surface area contributed by atoms with Crippen LogP contribution in [0.2, 0.25) is 0 Å². The van der Waals surface area contributed by atoms with Crippen LogP contribution in [-0.4, -0.2) is 35.1 Å². The van der Waals surface area contributed by atoms with Gasteiger partial charge in [0.1, 0.15) is 6.04 Å². The molecule has 1 N–H and O–H groups in total. The quantitative estimate of drug-likeness (QED) is 0.648. The number of thioether (sulfide) groups is 1. The second-order valence-corrected chi connectivity index (χ2v) is 6.08. The fourth-order valence-electron chi connectivity index (χ4n) is 2.69. The Balaban J connectivity index is 2.07. The Labute approximate surface area is 130 Å². The van der Waals surface area contributed by atoms with E-state index in [0.717, 1.165) is 18.5 Å². The fourth-order valence-corrected chi connectivity index (χ4v) is 3.10. The minimum absolute atomic E-state index is 0.0238. The molecule has 0 bridgehead atoms. The summed E-state index contributed by atoms with van der Waals surface area (Å²) < 4.78 is 0. The monoisotopic (exact) mass is 306 g/mol. The molecule has 1 aromatic carbocycles. The Kier molecular flexibility index (Phi) is 5.28. The van der Waals surface area contributed by atoms with E-state index in [1.165, 1.54) is 9.80 Å². The van der Waals surface area contributed by atoms with Gasteiger partial charge in [-0.05, 0) is 43.4 Å². The minimum atomic E-state index is -0.432. The highest BCUT2D eigenvalue weighted by Crippen LogP contribution is 2.24. The van der Waals surface area contributed by atoms with E-state index >= 15 is 0 Å². The molecule has 1 unspecified atom stereocenters. The van der Waals surface area contributed by atoms with E-state index < -0.39 is 6.04 Å². The first-order chi connectivity index (χ1) is 10.1. The molecule has 1 heterocycles. The highest BCUT2D eigenvalue weighted by Gasteiger charge is 2.41. The van der Waals surface area contributed by atoms with Crippen molar-refractivity contribution in [3.05, 3.63) is 24.3 Å². The number of likely N-dealkylation sites (tertiary alicyclic amines) is 1. The van der Waals surface area contributed by atoms with Crippen molar-refractivity contribution in [2.24, 2.45) is 0 Å². The van der Waals surface area contributed by atoms with Crippen LogP contribution in [0.15, 0.2) is 29.2 Å². The lowest BCUT2D eigenvalue weighted by molar-refractivity contribution is -0.141. The average molecular weight is 306 g/mol. The van der Waals surface area contributed by atoms with Gasteiger partial charge in [-0.1, -0.05) is 13.8 Å². The molecule has 0 saturated carbocycles. The number of carbonyl (C=O) groups excluding carboxylic acids is 2. The van der Waals surface area contributed by atoms with Crippen molar-refractivity contribution in [3.8, 4) is 0 Å². The molecule has 1 aliphatic heterocycles. The third-order valence-electron chi connectivity index (χ3n) is 3.92. The van der Waals surface area contributed by atoms with E-state index in [0.29, 0.717) is 0 Å². The number of benzene rings is 1. The molecule has 1 saturated heterocycles. The van der Waals surface area contributed by atoms with Crippen LogP contribution in [0.5, 0.6) is 0 Å². The Bertz CT molecular complexity index is 512. The van der Waals surface area contributed by atoms with Gasteiger partial charge in [-0.2, -0.15) is 0 Å². The van der Waals surface area contributed by atoms with Crippen LogP contribution < -0.4 is 5.32 Å². The summed E-state index contributed by atoms with van der Waals surface area (Å²) in [6.07, 6.45) is 3.89. The van der Waals surface area contributed by atoms with Gasteiger partial charge < -0.3 is 5.32 Å². The van der Waals surface area contributed by atoms with Crippen molar-refractivity contribution < 1.29 is 9.59 Å². The van der Waals surface area contributed by atoms with E-state index in [4.69, 9.17) is 0 Å². The van der Waals surface area contributed by atoms with Gasteiger partial charge in [-0.25, -0.2) is 0 Å². The first-order valence-corrected chi connectivity index (χ1v) is 8.59. The normalized spacial score (nSPS) is 18.7. The van der Waals surface area contributed by atoms with E-state index in [1.54, 1.807) is 11.8 Å². The summed E-state index contributed by atoms with van der Waals surface area (Å²) in [5.74, 6) is -0.158. The van der Waals surface area contributed by atoms with Crippen molar-refractivity contribution >= 4 is 29.3 Å². The van der Waals surface area contributed by atoms with Crippen LogP contribution in [0.3, 0.4) is 0 Å². The SMILES string of the molecule is CCC(CC)N1C(=O)CC(Nc2ccc(SC)cc2)C1=O. The molecule has 2 amide bonds. The van der Waals surface area contributed by atoms with E-state index in [-0.39, 0.29) is 24.3 Å². The van der Waals surface area contributed by atoms with Crippen molar-refractivity contribution in [1.82, 2.24) is 4.90 Å². The lowest BCUT2D eigenvalue weighted by atomic mass is 10.1. The molecule has 1 atom stereocenters. The molecule has 114 valence electrons. The van der Waals surface area contributed by atoms with Crippen LogP contribution in [0, 0.1) is 0 Å². The Morgan fingerprint density at radius 1 is 1.24 bits per heavy atom. The standard InChI is InChI=1S/C16H22N2O2S/c1-4-12(5-2)18-15(19)10-14(16(18)20)17-11-6-8-13(21-3)9-7-11/h6-9,12,14,17H,4-5,10H2,1-3H3. The summed E-state index contributed by atoms with van der Waals surface area (Å²) in [7, 11) is 0. The summed E-state index contributed by atoms with van der Waals surface area (Å²) in [4.78, 5) is 27.2. The zero-order valence-electron chi connectivity index (χ0n) is 12.8. The molecule has 1 aromatic rings. The number of nitrogens with one attached hydrogen (secondary N) is 1. The second kappa shape index (κ2) is 6.98. The highest BCUT2D eigenvalue weighted by molar-refractivity contribution is 7.98. The van der Waals surface area contributed by atoms with Crippen LogP contribution >= 0.6 is 11.8 Å². The predicted molar refractivity (Wildman–Crippen MR) is 86.5 cm³/mol. The summed E-state index contributed by atoms with van der Waals surface area (Å²) in [5.41, 5.74) is 0.880. The van der Waals surface area contributed by atoms with Gasteiger partial charge in [-0.3, -0.25) is 14.5 Å². The third-order valence-corrected chi connectivity index (χ3v) is 4.67. The van der Waals surface area contributed by atoms with Crippen LogP contribution in [-0.2, 0) is 9.59 Å². The largest absolute Gasteiger partial charge is 0.373 e. The zero-order chi connectivity index (χ0) is 15.4. The summed E-state index contributed by atoms with van der Waals surface area (Å²) in [5, 5.41) is 3.18. The lowest BCUT2D eigenvalue weighted by Gasteiger charge is -2.24. The topological polar surface area (TPSA) is 49.4 Å². The van der Waals surface area contributed by atoms with Crippen LogP contribution in [0.25, 0.3) is 0 Å². The fraction of sp³-hybridized carbons (Fsp3) is 0.500. The predicted octanol–water partition coefficient (Wildman–Crippen LogP) is 3.14. The van der Waals surface area contributed by atoms with E-state index in [2.05, 4.69) is 5.32 Å². The smallest absolute Gasteiger partial charge is 0.252 e. The third kappa shape index (κ3) is 3.40. The van der Waals surface area contributed by atoms with E-state index in [9.17, 15) is 9.59 Å². The van der Waals surface area contributed by atoms with Gasteiger partial charge in [-0.15, -0.1) is 11.8 Å². The number of nitrogens with zero attached hydrogens (tertiary/aromatic N) is 1. The first kappa shape index (κ1) is 15.9. The number of hydrogen-bond donors (Lipinski definition) is 1. The Morgan fingerprint density at radius 3 is 2.38 bits per heavy atom. The number of imide groups is 1. The molecule has 0 aliphatic carbocycles. The van der Waals surface area contributed by atoms with E-state index in [1.807, 2.05) is 44.4 Å². The zero-order valence-corrected chi connectivity index (χ0v) is 13.6. The number of hydrogen-bond acceptors (Lipinski definition) is 4. The molecule has 1 fully saturated rings. The van der Waals surface area contributed by atoms with Gasteiger partial charge in [0.05, 0.1) is 6.42 Å². The average Bonchev–Trinajstić information content (AvgIpc) is 2.77. The number of amides is 2. The van der Waals surface area contributed by atoms with Crippen LogP contribution in [0.4, 0.5) is 5.69 Å². The van der Waals surface area contributed by atoms with Crippen LogP contribution in [0.1, 0.15) is 33.1 Å². The van der Waals surface area contributed by atoms with Gasteiger partial charge in [0, 0.05) is 16.6 Å². The maximum absolute atomic E-state index is 12.4. The number of carbonyl (C=O) groups is 2. The van der Waals surface area contributed by atoms with Gasteiger partial charge in [0.25, 0.3) is 5.91 Å². The van der Waals surface area contributed by atoms with Gasteiger partial charge in [0.2, 0.25) is 5.91 Å². The lowest BCUT2D eigenvalue weighted by Crippen LogP contribution is -2.41. The molecule has 0 spiro atoms. The molecule has 0 aromatic heterocycles.